The van der Waals surface area contributed by atoms with Crippen molar-refractivity contribution in [3.63, 3.8) is 0 Å². The fraction of sp³-hybridized carbons (Fsp3) is 0.455. The van der Waals surface area contributed by atoms with Gasteiger partial charge >= 0.3 is 6.18 Å². The average Bonchev–Trinajstić information content (AvgIpc) is 2.21. The lowest BCUT2D eigenvalue weighted by molar-refractivity contribution is -0.146. The Kier molecular flexibility index (Phi) is 4.94. The Morgan fingerprint density at radius 3 is 2.47 bits per heavy atom. The molecule has 1 nitrogen and oxygen atoms in total. The molecule has 17 heavy (non-hydrogen) atoms. The topological polar surface area (TPSA) is 3.24 Å². The van der Waals surface area contributed by atoms with Gasteiger partial charge in [0.25, 0.3) is 0 Å². The molecular weight excluding hydrogens is 302 g/mol. The lowest BCUT2D eigenvalue weighted by Gasteiger charge is -2.22. The van der Waals surface area contributed by atoms with E-state index in [-0.39, 0.29) is 17.6 Å². The van der Waals surface area contributed by atoms with Gasteiger partial charge in [-0.15, -0.1) is 0 Å². The molecule has 0 aliphatic rings. The number of rotatable bonds is 4. The first-order valence-corrected chi connectivity index (χ1v) is 5.84. The summed E-state index contributed by atoms with van der Waals surface area (Å²) in [5.74, 6) is -0.467. The van der Waals surface area contributed by atoms with Crippen LogP contribution in [0, 0.1) is 5.82 Å². The summed E-state index contributed by atoms with van der Waals surface area (Å²) in [7, 11) is 0. The van der Waals surface area contributed by atoms with Gasteiger partial charge < -0.3 is 0 Å². The lowest BCUT2D eigenvalue weighted by atomic mass is 10.2. The number of alkyl halides is 3. The van der Waals surface area contributed by atoms with Gasteiger partial charge in [-0.05, 0) is 34.1 Å². The molecule has 0 fully saturated rings. The minimum Gasteiger partial charge on any atom is -0.291 e. The molecule has 0 bridgehead atoms. The van der Waals surface area contributed by atoms with Gasteiger partial charge in [0, 0.05) is 6.54 Å². The van der Waals surface area contributed by atoms with Gasteiger partial charge in [-0.3, -0.25) is 4.90 Å². The van der Waals surface area contributed by atoms with Crippen LogP contribution >= 0.6 is 15.9 Å². The molecule has 0 N–H and O–H groups in total. The maximum atomic E-state index is 13.2. The van der Waals surface area contributed by atoms with E-state index in [2.05, 4.69) is 15.9 Å². The van der Waals surface area contributed by atoms with E-state index in [1.54, 1.807) is 13.0 Å². The molecule has 0 aliphatic heterocycles. The maximum Gasteiger partial charge on any atom is 0.401 e. The Morgan fingerprint density at radius 2 is 1.94 bits per heavy atom. The zero-order valence-corrected chi connectivity index (χ0v) is 10.8. The second kappa shape index (κ2) is 5.82. The van der Waals surface area contributed by atoms with Crippen LogP contribution in [-0.2, 0) is 6.54 Å². The van der Waals surface area contributed by atoms with Crippen LogP contribution in [-0.4, -0.2) is 24.2 Å². The molecule has 0 aromatic heterocycles. The summed E-state index contributed by atoms with van der Waals surface area (Å²) in [6.45, 7) is 0.961. The molecule has 0 heterocycles. The molecule has 96 valence electrons. The highest BCUT2D eigenvalue weighted by atomic mass is 79.9. The van der Waals surface area contributed by atoms with E-state index in [4.69, 9.17) is 0 Å². The Hall–Kier alpha value is -0.620. The predicted molar refractivity (Wildman–Crippen MR) is 61.1 cm³/mol. The molecule has 0 spiro atoms. The molecule has 0 amide bonds. The molecule has 0 saturated carbocycles. The second-order valence-electron chi connectivity index (χ2n) is 3.63. The van der Waals surface area contributed by atoms with Crippen molar-refractivity contribution < 1.29 is 17.6 Å². The highest BCUT2D eigenvalue weighted by Crippen LogP contribution is 2.23. The molecule has 0 saturated heterocycles. The monoisotopic (exact) mass is 313 g/mol. The second-order valence-corrected chi connectivity index (χ2v) is 4.42. The smallest absolute Gasteiger partial charge is 0.291 e. The van der Waals surface area contributed by atoms with Crippen molar-refractivity contribution in [2.75, 3.05) is 13.1 Å². The number of hydrogen-bond donors (Lipinski definition) is 0. The van der Waals surface area contributed by atoms with E-state index in [0.717, 1.165) is 0 Å². The summed E-state index contributed by atoms with van der Waals surface area (Å²) in [5.41, 5.74) is 0.510. The normalized spacial score (nSPS) is 12.2. The predicted octanol–water partition coefficient (Wildman–Crippen LogP) is 3.97. The fourth-order valence-electron chi connectivity index (χ4n) is 1.44. The van der Waals surface area contributed by atoms with Crippen molar-refractivity contribution in [3.05, 3.63) is 34.1 Å². The molecule has 0 radical (unpaired) electrons. The van der Waals surface area contributed by atoms with Crippen molar-refractivity contribution in [3.8, 4) is 0 Å². The van der Waals surface area contributed by atoms with Crippen LogP contribution in [0.4, 0.5) is 17.6 Å². The third-order valence-corrected chi connectivity index (χ3v) is 3.16. The lowest BCUT2D eigenvalue weighted by Crippen LogP contribution is -2.33. The van der Waals surface area contributed by atoms with E-state index in [0.29, 0.717) is 5.56 Å². The summed E-state index contributed by atoms with van der Waals surface area (Å²) in [6.07, 6.45) is -4.24. The zero-order chi connectivity index (χ0) is 13.1. The van der Waals surface area contributed by atoms with Gasteiger partial charge in [0.2, 0.25) is 0 Å². The van der Waals surface area contributed by atoms with Crippen LogP contribution in [0.3, 0.4) is 0 Å². The first-order valence-electron chi connectivity index (χ1n) is 5.05. The Bertz CT molecular complexity index is 378. The minimum absolute atomic E-state index is 0.0638. The maximum absolute atomic E-state index is 13.2. The summed E-state index contributed by atoms with van der Waals surface area (Å²) < 4.78 is 50.2. The van der Waals surface area contributed by atoms with E-state index in [9.17, 15) is 17.6 Å². The van der Waals surface area contributed by atoms with Crippen molar-refractivity contribution >= 4 is 15.9 Å². The molecule has 6 heteroatoms. The van der Waals surface area contributed by atoms with E-state index in [1.165, 1.54) is 17.0 Å². The summed E-state index contributed by atoms with van der Waals surface area (Å²) in [4.78, 5) is 1.21. The van der Waals surface area contributed by atoms with E-state index in [1.807, 2.05) is 0 Å². The average molecular weight is 314 g/mol. The standard InChI is InChI=1S/C11H12BrF4N/c1-2-17(7-11(14,15)16)6-8-4-3-5-9(13)10(8)12/h3-5H,2,6-7H2,1H3. The van der Waals surface area contributed by atoms with Gasteiger partial charge in [-0.1, -0.05) is 19.1 Å². The SMILES string of the molecule is CCN(Cc1cccc(F)c1Br)CC(F)(F)F. The Labute approximate surface area is 106 Å². The van der Waals surface area contributed by atoms with Gasteiger partial charge in [0.05, 0.1) is 11.0 Å². The molecule has 0 atom stereocenters. The van der Waals surface area contributed by atoms with Crippen molar-refractivity contribution in [1.82, 2.24) is 4.90 Å². The van der Waals surface area contributed by atoms with Crippen LogP contribution in [0.1, 0.15) is 12.5 Å². The first kappa shape index (κ1) is 14.4. The van der Waals surface area contributed by atoms with Crippen molar-refractivity contribution in [2.45, 2.75) is 19.6 Å². The number of halogens is 5. The van der Waals surface area contributed by atoms with Crippen LogP contribution < -0.4 is 0 Å². The van der Waals surface area contributed by atoms with Crippen LogP contribution in [0.2, 0.25) is 0 Å². The molecule has 0 unspecified atom stereocenters. The number of nitrogens with zero attached hydrogens (tertiary/aromatic N) is 1. The highest BCUT2D eigenvalue weighted by molar-refractivity contribution is 9.10. The fourth-order valence-corrected chi connectivity index (χ4v) is 1.83. The van der Waals surface area contributed by atoms with Gasteiger partial charge in [0.15, 0.2) is 0 Å². The van der Waals surface area contributed by atoms with E-state index < -0.39 is 18.5 Å². The van der Waals surface area contributed by atoms with E-state index >= 15 is 0 Å². The zero-order valence-electron chi connectivity index (χ0n) is 9.19. The number of hydrogen-bond acceptors (Lipinski definition) is 1. The Morgan fingerprint density at radius 1 is 1.29 bits per heavy atom. The van der Waals surface area contributed by atoms with Gasteiger partial charge in [-0.2, -0.15) is 13.2 Å². The van der Waals surface area contributed by atoms with Crippen LogP contribution in [0.15, 0.2) is 22.7 Å². The highest BCUT2D eigenvalue weighted by Gasteiger charge is 2.30. The van der Waals surface area contributed by atoms with Gasteiger partial charge in [-0.25, -0.2) is 4.39 Å². The van der Waals surface area contributed by atoms with Crippen molar-refractivity contribution in [2.24, 2.45) is 0 Å². The summed E-state index contributed by atoms with van der Waals surface area (Å²) in [6, 6.07) is 4.34. The van der Waals surface area contributed by atoms with Gasteiger partial charge in [0.1, 0.15) is 5.82 Å². The molecule has 1 aromatic rings. The first-order chi connectivity index (χ1) is 7.83. The summed E-state index contributed by atoms with van der Waals surface area (Å²) >= 11 is 3.03. The largest absolute Gasteiger partial charge is 0.401 e. The van der Waals surface area contributed by atoms with Crippen LogP contribution in [0.25, 0.3) is 0 Å². The van der Waals surface area contributed by atoms with Crippen molar-refractivity contribution in [1.29, 1.82) is 0 Å². The van der Waals surface area contributed by atoms with Crippen LogP contribution in [0.5, 0.6) is 0 Å². The summed E-state index contributed by atoms with van der Waals surface area (Å²) in [5, 5.41) is 0. The Balaban J connectivity index is 2.77. The minimum atomic E-state index is -4.24. The molecule has 1 rings (SSSR count). The molecule has 0 aliphatic carbocycles. The number of benzene rings is 1. The third-order valence-electron chi connectivity index (χ3n) is 2.28. The molecular formula is C11H12BrF4N. The third kappa shape index (κ3) is 4.63. The molecule has 1 aromatic carbocycles. The quantitative estimate of drug-likeness (QED) is 0.760.